The maximum absolute atomic E-state index is 13.0. The number of carbonyl (C=O) groups is 3. The van der Waals surface area contributed by atoms with E-state index < -0.39 is 12.0 Å². The van der Waals surface area contributed by atoms with Crippen LogP contribution in [0.25, 0.3) is 0 Å². The number of benzene rings is 1. The smallest absolute Gasteiger partial charge is 0.416 e. The zero-order valence-corrected chi connectivity index (χ0v) is 17.3. The number of cyclic esters (lactones) is 1. The van der Waals surface area contributed by atoms with Crippen LogP contribution in [-0.4, -0.2) is 39.6 Å². The molecule has 0 unspecified atom stereocenters. The molecule has 0 bridgehead atoms. The second-order valence-corrected chi connectivity index (χ2v) is 8.28. The summed E-state index contributed by atoms with van der Waals surface area (Å²) in [7, 11) is 0. The van der Waals surface area contributed by atoms with E-state index in [1.165, 1.54) is 4.90 Å². The van der Waals surface area contributed by atoms with E-state index >= 15 is 0 Å². The summed E-state index contributed by atoms with van der Waals surface area (Å²) in [5.74, 6) is -1.11. The van der Waals surface area contributed by atoms with Crippen LogP contribution < -0.4 is 0 Å². The van der Waals surface area contributed by atoms with E-state index in [0.29, 0.717) is 17.9 Å². The molecule has 1 aliphatic rings. The minimum absolute atomic E-state index is 0.0480. The Bertz CT molecular complexity index is 860. The van der Waals surface area contributed by atoms with Crippen LogP contribution in [0.5, 0.6) is 0 Å². The first kappa shape index (κ1) is 21.0. The van der Waals surface area contributed by atoms with Gasteiger partial charge in [-0.3, -0.25) is 9.59 Å². The Labute approximate surface area is 174 Å². The Kier molecular flexibility index (Phi) is 7.04. The molecule has 0 saturated carbocycles. The minimum Gasteiger partial charge on any atom is -0.447 e. The number of hydrogen-bond donors (Lipinski definition) is 0. The molecule has 0 spiro atoms. The topological polar surface area (TPSA) is 76.6 Å². The van der Waals surface area contributed by atoms with Gasteiger partial charge in [0.05, 0.1) is 6.04 Å². The van der Waals surface area contributed by atoms with Crippen LogP contribution >= 0.6 is 11.8 Å². The van der Waals surface area contributed by atoms with E-state index in [2.05, 4.69) is 4.98 Å². The largest absolute Gasteiger partial charge is 0.447 e. The maximum atomic E-state index is 13.0. The average molecular weight is 413 g/mol. The van der Waals surface area contributed by atoms with Crippen LogP contribution in [0.15, 0.2) is 59.8 Å². The van der Waals surface area contributed by atoms with Gasteiger partial charge in [0.1, 0.15) is 11.6 Å². The molecule has 1 aromatic carbocycles. The van der Waals surface area contributed by atoms with Crippen LogP contribution in [0.3, 0.4) is 0 Å². The summed E-state index contributed by atoms with van der Waals surface area (Å²) in [6.07, 6.45) is 1.94. The van der Waals surface area contributed by atoms with Crippen molar-refractivity contribution >= 4 is 28.9 Å². The van der Waals surface area contributed by atoms with Gasteiger partial charge in [0.25, 0.3) is 0 Å². The molecule has 0 radical (unpaired) electrons. The molecule has 3 atom stereocenters. The Morgan fingerprint density at radius 3 is 2.55 bits per heavy atom. The number of carbonyl (C=O) groups excluding carboxylic acids is 3. The molecule has 1 fully saturated rings. The van der Waals surface area contributed by atoms with Crippen LogP contribution in [0, 0.1) is 11.8 Å². The lowest BCUT2D eigenvalue weighted by molar-refractivity contribution is -0.133. The molecule has 152 valence electrons. The minimum atomic E-state index is -0.607. The third-order valence-corrected chi connectivity index (χ3v) is 5.94. The summed E-state index contributed by atoms with van der Waals surface area (Å²) in [6.45, 7) is 3.74. The molecule has 2 amide bonds. The summed E-state index contributed by atoms with van der Waals surface area (Å²) in [4.78, 5) is 43.0. The van der Waals surface area contributed by atoms with E-state index in [1.54, 1.807) is 32.2 Å². The van der Waals surface area contributed by atoms with Crippen LogP contribution in [-0.2, 0) is 20.7 Å². The Morgan fingerprint density at radius 2 is 1.86 bits per heavy atom. The van der Waals surface area contributed by atoms with Crippen molar-refractivity contribution in [3.8, 4) is 0 Å². The molecule has 1 saturated heterocycles. The highest BCUT2D eigenvalue weighted by Crippen LogP contribution is 2.27. The van der Waals surface area contributed by atoms with Gasteiger partial charge in [-0.2, -0.15) is 0 Å². The van der Waals surface area contributed by atoms with E-state index in [4.69, 9.17) is 4.74 Å². The monoisotopic (exact) mass is 412 g/mol. The van der Waals surface area contributed by atoms with Crippen LogP contribution in [0.4, 0.5) is 4.79 Å². The average Bonchev–Trinajstić information content (AvgIpc) is 3.08. The first-order valence-electron chi connectivity index (χ1n) is 9.62. The van der Waals surface area contributed by atoms with Gasteiger partial charge in [-0.15, -0.1) is 0 Å². The van der Waals surface area contributed by atoms with Crippen molar-refractivity contribution in [3.05, 3.63) is 60.3 Å². The number of pyridine rings is 1. The standard InChI is InChI=1S/C22H24N2O4S/c1-15(12-16(2)21(26)29-19-10-6-7-11-23-19)20(25)24-18(14-28-22(24)27)13-17-8-4-3-5-9-17/h3-11,15-16,18H,12-14H2,1-2H3/t15-,16-,18+/m1/s1. The number of nitrogens with zero attached hydrogens (tertiary/aromatic N) is 2. The number of thioether (sulfide) groups is 1. The molecule has 29 heavy (non-hydrogen) atoms. The van der Waals surface area contributed by atoms with Gasteiger partial charge in [-0.05, 0) is 42.3 Å². The van der Waals surface area contributed by atoms with Crippen LogP contribution in [0.2, 0.25) is 0 Å². The predicted molar refractivity (Wildman–Crippen MR) is 110 cm³/mol. The normalized spacial score (nSPS) is 18.2. The van der Waals surface area contributed by atoms with Crippen molar-refractivity contribution in [3.63, 3.8) is 0 Å². The predicted octanol–water partition coefficient (Wildman–Crippen LogP) is 3.95. The zero-order valence-electron chi connectivity index (χ0n) is 16.5. The third kappa shape index (κ3) is 5.44. The Hall–Kier alpha value is -2.67. The fraction of sp³-hybridized carbons (Fsp3) is 0.364. The van der Waals surface area contributed by atoms with E-state index in [9.17, 15) is 14.4 Å². The second kappa shape index (κ2) is 9.69. The van der Waals surface area contributed by atoms with Crippen molar-refractivity contribution in [1.29, 1.82) is 0 Å². The van der Waals surface area contributed by atoms with Gasteiger partial charge in [-0.1, -0.05) is 50.2 Å². The number of imide groups is 1. The molecular formula is C22H24N2O4S. The molecule has 0 aliphatic carbocycles. The fourth-order valence-corrected chi connectivity index (χ4v) is 4.11. The molecule has 1 aromatic heterocycles. The van der Waals surface area contributed by atoms with Gasteiger partial charge in [-0.25, -0.2) is 14.7 Å². The zero-order chi connectivity index (χ0) is 20.8. The van der Waals surface area contributed by atoms with Crippen molar-refractivity contribution in [2.75, 3.05) is 6.61 Å². The van der Waals surface area contributed by atoms with Gasteiger partial charge in [0.15, 0.2) is 5.12 Å². The second-order valence-electron chi connectivity index (χ2n) is 7.26. The maximum Gasteiger partial charge on any atom is 0.416 e. The highest BCUT2D eigenvalue weighted by Gasteiger charge is 2.40. The molecule has 2 aromatic rings. The SMILES string of the molecule is C[C@H](C[C@@H](C)C(=O)N1C(=O)OC[C@@H]1Cc1ccccc1)C(=O)Sc1ccccn1. The molecule has 7 heteroatoms. The van der Waals surface area contributed by atoms with Gasteiger partial charge >= 0.3 is 6.09 Å². The van der Waals surface area contributed by atoms with Crippen molar-refractivity contribution in [2.24, 2.45) is 11.8 Å². The van der Waals surface area contributed by atoms with E-state index in [1.807, 2.05) is 36.4 Å². The number of amides is 2. The summed E-state index contributed by atoms with van der Waals surface area (Å²) >= 11 is 1.07. The number of rotatable bonds is 7. The first-order valence-corrected chi connectivity index (χ1v) is 10.4. The molecule has 2 heterocycles. The summed E-state index contributed by atoms with van der Waals surface area (Å²) < 4.78 is 5.14. The highest BCUT2D eigenvalue weighted by atomic mass is 32.2. The van der Waals surface area contributed by atoms with Crippen molar-refractivity contribution in [1.82, 2.24) is 9.88 Å². The Balaban J connectivity index is 1.60. The first-order chi connectivity index (χ1) is 14.0. The molecule has 6 nitrogen and oxygen atoms in total. The molecule has 1 aliphatic heterocycles. The fourth-order valence-electron chi connectivity index (χ4n) is 3.34. The van der Waals surface area contributed by atoms with Gasteiger partial charge in [0, 0.05) is 18.0 Å². The Morgan fingerprint density at radius 1 is 1.14 bits per heavy atom. The lowest BCUT2D eigenvalue weighted by Crippen LogP contribution is -2.43. The summed E-state index contributed by atoms with van der Waals surface area (Å²) in [5.41, 5.74) is 1.04. The highest BCUT2D eigenvalue weighted by molar-refractivity contribution is 8.13. The van der Waals surface area contributed by atoms with E-state index in [-0.39, 0.29) is 29.6 Å². The van der Waals surface area contributed by atoms with E-state index in [0.717, 1.165) is 17.3 Å². The molecule has 0 N–H and O–H groups in total. The van der Waals surface area contributed by atoms with Gasteiger partial charge < -0.3 is 4.74 Å². The quantitative estimate of drug-likeness (QED) is 0.641. The number of ether oxygens (including phenoxy) is 1. The number of hydrogen-bond acceptors (Lipinski definition) is 6. The molecular weight excluding hydrogens is 388 g/mol. The summed E-state index contributed by atoms with van der Waals surface area (Å²) in [6, 6.07) is 14.8. The summed E-state index contributed by atoms with van der Waals surface area (Å²) in [5, 5.41) is 0.586. The van der Waals surface area contributed by atoms with Crippen molar-refractivity contribution < 1.29 is 19.1 Å². The van der Waals surface area contributed by atoms with Crippen LogP contribution in [0.1, 0.15) is 25.8 Å². The van der Waals surface area contributed by atoms with Gasteiger partial charge in [0.2, 0.25) is 5.91 Å². The number of aromatic nitrogens is 1. The third-order valence-electron chi connectivity index (χ3n) is 4.89. The molecule has 3 rings (SSSR count). The van der Waals surface area contributed by atoms with Crippen molar-refractivity contribution in [2.45, 2.75) is 37.8 Å². The lowest BCUT2D eigenvalue weighted by atomic mass is 9.96. The lowest BCUT2D eigenvalue weighted by Gasteiger charge is -2.24.